The quantitative estimate of drug-likeness (QED) is 0.822. The van der Waals surface area contributed by atoms with Crippen LogP contribution in [0.5, 0.6) is 11.5 Å². The van der Waals surface area contributed by atoms with Gasteiger partial charge in [0.15, 0.2) is 0 Å². The summed E-state index contributed by atoms with van der Waals surface area (Å²) in [7, 11) is 1.79. The van der Waals surface area contributed by atoms with Gasteiger partial charge >= 0.3 is 0 Å². The molecule has 5 heteroatoms. The summed E-state index contributed by atoms with van der Waals surface area (Å²) in [5, 5.41) is 3.06. The Bertz CT molecular complexity index is 661. The maximum atomic E-state index is 13.8. The molecule has 2 aromatic carbocycles. The van der Waals surface area contributed by atoms with E-state index in [2.05, 4.69) is 21.2 Å². The minimum Gasteiger partial charge on any atom is -0.456 e. The fourth-order valence-electron chi connectivity index (χ4n) is 1.93. The van der Waals surface area contributed by atoms with E-state index < -0.39 is 0 Å². The number of hydrogen-bond donors (Lipinski definition) is 1. The predicted molar refractivity (Wildman–Crippen MR) is 82.8 cm³/mol. The Morgan fingerprint density at radius 2 is 1.86 bits per heavy atom. The van der Waals surface area contributed by atoms with Gasteiger partial charge in [0, 0.05) is 11.6 Å². The van der Waals surface area contributed by atoms with Gasteiger partial charge in [-0.2, -0.15) is 0 Å². The summed E-state index contributed by atoms with van der Waals surface area (Å²) in [5.41, 5.74) is 1.20. The van der Waals surface area contributed by atoms with Crippen molar-refractivity contribution < 1.29 is 13.5 Å². The lowest BCUT2D eigenvalue weighted by molar-refractivity contribution is 0.458. The third-order valence-corrected chi connectivity index (χ3v) is 3.92. The van der Waals surface area contributed by atoms with Crippen molar-refractivity contribution in [2.45, 2.75) is 19.9 Å². The summed E-state index contributed by atoms with van der Waals surface area (Å²) < 4.78 is 33.2. The van der Waals surface area contributed by atoms with Gasteiger partial charge in [0.25, 0.3) is 0 Å². The molecular weight excluding hydrogens is 340 g/mol. The Kier molecular flexibility index (Phi) is 4.96. The number of hydrogen-bond acceptors (Lipinski definition) is 2. The average molecular weight is 356 g/mol. The van der Waals surface area contributed by atoms with E-state index in [4.69, 9.17) is 4.74 Å². The summed E-state index contributed by atoms with van der Waals surface area (Å²) in [5.74, 6) is 0.390. The van der Waals surface area contributed by atoms with Crippen LogP contribution in [0.15, 0.2) is 34.8 Å². The molecule has 0 aromatic heterocycles. The molecule has 1 atom stereocenters. The molecule has 1 N–H and O–H groups in total. The predicted octanol–water partition coefficient (Wildman–Crippen LogP) is 5.11. The number of ether oxygens (including phenoxy) is 1. The van der Waals surface area contributed by atoms with E-state index in [1.165, 1.54) is 24.3 Å². The SMILES string of the molecule is CNC(C)c1cc(F)c(C)cc1Oc1ccc(F)cc1Br. The lowest BCUT2D eigenvalue weighted by Crippen LogP contribution is -2.14. The third-order valence-electron chi connectivity index (χ3n) is 3.30. The summed E-state index contributed by atoms with van der Waals surface area (Å²) in [4.78, 5) is 0. The Balaban J connectivity index is 2.45. The van der Waals surface area contributed by atoms with Gasteiger partial charge in [-0.3, -0.25) is 0 Å². The van der Waals surface area contributed by atoms with Crippen molar-refractivity contribution in [2.75, 3.05) is 7.05 Å². The van der Waals surface area contributed by atoms with Gasteiger partial charge in [0.05, 0.1) is 4.47 Å². The van der Waals surface area contributed by atoms with E-state index in [1.54, 1.807) is 20.0 Å². The molecule has 0 saturated heterocycles. The van der Waals surface area contributed by atoms with Crippen molar-refractivity contribution >= 4 is 15.9 Å². The average Bonchev–Trinajstić information content (AvgIpc) is 2.44. The van der Waals surface area contributed by atoms with Crippen LogP contribution in [0.4, 0.5) is 8.78 Å². The first-order valence-corrected chi connectivity index (χ1v) is 7.32. The van der Waals surface area contributed by atoms with Crippen LogP contribution >= 0.6 is 15.9 Å². The number of nitrogens with one attached hydrogen (secondary N) is 1. The fourth-order valence-corrected chi connectivity index (χ4v) is 2.36. The van der Waals surface area contributed by atoms with Gasteiger partial charge in [0.1, 0.15) is 23.1 Å². The highest BCUT2D eigenvalue weighted by Gasteiger charge is 2.15. The first-order chi connectivity index (χ1) is 9.92. The van der Waals surface area contributed by atoms with Crippen molar-refractivity contribution in [3.05, 3.63) is 57.6 Å². The Morgan fingerprint density at radius 3 is 2.48 bits per heavy atom. The Hall–Kier alpha value is -1.46. The van der Waals surface area contributed by atoms with E-state index in [-0.39, 0.29) is 17.7 Å². The summed E-state index contributed by atoms with van der Waals surface area (Å²) >= 11 is 3.26. The second-order valence-corrected chi connectivity index (χ2v) is 5.68. The van der Waals surface area contributed by atoms with Gasteiger partial charge in [-0.25, -0.2) is 8.78 Å². The van der Waals surface area contributed by atoms with Gasteiger partial charge in [-0.15, -0.1) is 0 Å². The first-order valence-electron chi connectivity index (χ1n) is 6.52. The van der Waals surface area contributed by atoms with Gasteiger partial charge < -0.3 is 10.1 Å². The number of halogens is 3. The maximum absolute atomic E-state index is 13.8. The van der Waals surface area contributed by atoms with Crippen LogP contribution in [0, 0.1) is 18.6 Å². The zero-order valence-corrected chi connectivity index (χ0v) is 13.6. The molecule has 0 amide bonds. The molecule has 0 saturated carbocycles. The summed E-state index contributed by atoms with van der Waals surface area (Å²) in [6.45, 7) is 3.59. The van der Waals surface area contributed by atoms with Crippen molar-refractivity contribution in [1.82, 2.24) is 5.32 Å². The topological polar surface area (TPSA) is 21.3 Å². The highest BCUT2D eigenvalue weighted by Crippen LogP contribution is 2.35. The normalized spacial score (nSPS) is 12.3. The molecule has 0 fully saturated rings. The third kappa shape index (κ3) is 3.60. The van der Waals surface area contributed by atoms with E-state index in [0.717, 1.165) is 0 Å². The smallest absolute Gasteiger partial charge is 0.141 e. The minimum absolute atomic E-state index is 0.0747. The molecule has 1 unspecified atom stereocenters. The lowest BCUT2D eigenvalue weighted by Gasteiger charge is -2.18. The van der Waals surface area contributed by atoms with Gasteiger partial charge in [0.2, 0.25) is 0 Å². The molecule has 0 spiro atoms. The number of benzene rings is 2. The van der Waals surface area contributed by atoms with Crippen LogP contribution in [-0.2, 0) is 0 Å². The van der Waals surface area contributed by atoms with Gasteiger partial charge in [-0.1, -0.05) is 0 Å². The molecule has 0 heterocycles. The van der Waals surface area contributed by atoms with E-state index in [1.807, 2.05) is 6.92 Å². The molecule has 112 valence electrons. The lowest BCUT2D eigenvalue weighted by atomic mass is 10.0. The van der Waals surface area contributed by atoms with E-state index >= 15 is 0 Å². The van der Waals surface area contributed by atoms with Crippen molar-refractivity contribution in [3.63, 3.8) is 0 Å². The van der Waals surface area contributed by atoms with Crippen molar-refractivity contribution in [1.29, 1.82) is 0 Å². The Morgan fingerprint density at radius 1 is 1.14 bits per heavy atom. The monoisotopic (exact) mass is 355 g/mol. The summed E-state index contributed by atoms with van der Waals surface area (Å²) in [6, 6.07) is 7.21. The first kappa shape index (κ1) is 15.9. The molecule has 0 bridgehead atoms. The molecular formula is C16H16BrF2NO. The zero-order chi connectivity index (χ0) is 15.6. The molecule has 0 aliphatic heterocycles. The van der Waals surface area contributed by atoms with Crippen LogP contribution in [0.25, 0.3) is 0 Å². The second-order valence-electron chi connectivity index (χ2n) is 4.83. The molecule has 21 heavy (non-hydrogen) atoms. The number of rotatable bonds is 4. The highest BCUT2D eigenvalue weighted by molar-refractivity contribution is 9.10. The van der Waals surface area contributed by atoms with Gasteiger partial charge in [-0.05, 0) is 72.7 Å². The van der Waals surface area contributed by atoms with Crippen LogP contribution in [0.1, 0.15) is 24.1 Å². The minimum atomic E-state index is -0.353. The molecule has 0 aliphatic rings. The van der Waals surface area contributed by atoms with Crippen molar-refractivity contribution in [3.8, 4) is 11.5 Å². The molecule has 2 nitrogen and oxygen atoms in total. The molecule has 0 radical (unpaired) electrons. The maximum Gasteiger partial charge on any atom is 0.141 e. The molecule has 2 aromatic rings. The van der Waals surface area contributed by atoms with E-state index in [0.29, 0.717) is 27.1 Å². The largest absolute Gasteiger partial charge is 0.456 e. The standard InChI is InChI=1S/C16H16BrF2NO/c1-9-6-16(12(8-14(9)19)10(2)20-3)21-15-5-4-11(18)7-13(15)17/h4-8,10,20H,1-3H3. The second kappa shape index (κ2) is 6.54. The molecule has 0 aliphatic carbocycles. The Labute approximate surface area is 131 Å². The molecule has 2 rings (SSSR count). The summed E-state index contributed by atoms with van der Waals surface area (Å²) in [6.07, 6.45) is 0. The van der Waals surface area contributed by atoms with Crippen molar-refractivity contribution in [2.24, 2.45) is 0 Å². The van der Waals surface area contributed by atoms with E-state index in [9.17, 15) is 8.78 Å². The van der Waals surface area contributed by atoms with Crippen LogP contribution in [-0.4, -0.2) is 7.05 Å². The highest BCUT2D eigenvalue weighted by atomic mass is 79.9. The fraction of sp³-hybridized carbons (Fsp3) is 0.250. The van der Waals surface area contributed by atoms with Crippen LogP contribution < -0.4 is 10.1 Å². The number of aryl methyl sites for hydroxylation is 1. The van der Waals surface area contributed by atoms with Crippen LogP contribution in [0.2, 0.25) is 0 Å². The zero-order valence-electron chi connectivity index (χ0n) is 12.0. The van der Waals surface area contributed by atoms with Crippen LogP contribution in [0.3, 0.4) is 0 Å².